The van der Waals surface area contributed by atoms with Gasteiger partial charge in [0.2, 0.25) is 5.91 Å². The zero-order valence-corrected chi connectivity index (χ0v) is 17.9. The third kappa shape index (κ3) is 3.47. The Bertz CT molecular complexity index is 1090. The fraction of sp³-hybridized carbons (Fsp3) is 0.435. The Kier molecular flexibility index (Phi) is 5.03. The molecule has 1 aliphatic carbocycles. The van der Waals surface area contributed by atoms with E-state index in [1.54, 1.807) is 29.2 Å². The predicted molar refractivity (Wildman–Crippen MR) is 115 cm³/mol. The SMILES string of the molecule is Cc1c(C(=O)OCC2CC2)nnc2c1CC1C(C(N)=O)N(C(=O)c3ccccc3)CCN21. The largest absolute Gasteiger partial charge is 0.461 e. The topological polar surface area (TPSA) is 119 Å². The van der Waals surface area contributed by atoms with Gasteiger partial charge >= 0.3 is 5.97 Å². The fourth-order valence-corrected chi connectivity index (χ4v) is 4.67. The standard InChI is InChI=1S/C23H25N5O4/c1-13-16-11-17-19(20(24)29)28(22(30)15-5-3-2-4-6-15)10-9-27(17)21(16)26-25-18(13)23(31)32-12-14-7-8-14/h2-6,14,17,19H,7-12H2,1H3,(H2,24,29). The maximum Gasteiger partial charge on any atom is 0.359 e. The van der Waals surface area contributed by atoms with Gasteiger partial charge in [0, 0.05) is 24.2 Å². The molecule has 0 spiro atoms. The van der Waals surface area contributed by atoms with E-state index < -0.39 is 17.9 Å². The Morgan fingerprint density at radius 1 is 1.12 bits per heavy atom. The van der Waals surface area contributed by atoms with Crippen molar-refractivity contribution >= 4 is 23.6 Å². The Morgan fingerprint density at radius 3 is 2.56 bits per heavy atom. The molecule has 2 N–H and O–H groups in total. The highest BCUT2D eigenvalue weighted by Gasteiger charge is 2.47. The van der Waals surface area contributed by atoms with E-state index in [0.717, 1.165) is 18.4 Å². The molecule has 2 amide bonds. The van der Waals surface area contributed by atoms with Gasteiger partial charge in [-0.1, -0.05) is 18.2 Å². The lowest BCUT2D eigenvalue weighted by Crippen LogP contribution is -2.64. The van der Waals surface area contributed by atoms with Gasteiger partial charge in [-0.15, -0.1) is 10.2 Å². The van der Waals surface area contributed by atoms with Crippen molar-refractivity contribution in [2.24, 2.45) is 11.7 Å². The minimum absolute atomic E-state index is 0.206. The van der Waals surface area contributed by atoms with Crippen LogP contribution >= 0.6 is 0 Å². The lowest BCUT2D eigenvalue weighted by Gasteiger charge is -2.43. The van der Waals surface area contributed by atoms with Gasteiger partial charge < -0.3 is 20.3 Å². The Balaban J connectivity index is 1.42. The number of nitrogens with two attached hydrogens (primary N) is 1. The van der Waals surface area contributed by atoms with Crippen LogP contribution in [0.2, 0.25) is 0 Å². The van der Waals surface area contributed by atoms with E-state index >= 15 is 0 Å². The first kappa shape index (κ1) is 20.4. The van der Waals surface area contributed by atoms with Crippen molar-refractivity contribution < 1.29 is 19.1 Å². The molecule has 32 heavy (non-hydrogen) atoms. The lowest BCUT2D eigenvalue weighted by atomic mass is 9.96. The summed E-state index contributed by atoms with van der Waals surface area (Å²) < 4.78 is 5.39. The number of carbonyl (C=O) groups is 3. The number of nitrogens with zero attached hydrogens (tertiary/aromatic N) is 4. The Morgan fingerprint density at radius 2 is 1.88 bits per heavy atom. The summed E-state index contributed by atoms with van der Waals surface area (Å²) in [6.45, 7) is 3.07. The molecule has 1 saturated carbocycles. The molecule has 9 heteroatoms. The van der Waals surface area contributed by atoms with Crippen LogP contribution in [0.3, 0.4) is 0 Å². The van der Waals surface area contributed by atoms with Gasteiger partial charge in [-0.3, -0.25) is 9.59 Å². The van der Waals surface area contributed by atoms with Crippen LogP contribution in [0.4, 0.5) is 5.82 Å². The normalized spacial score (nSPS) is 21.7. The Labute approximate surface area is 185 Å². The summed E-state index contributed by atoms with van der Waals surface area (Å²) in [7, 11) is 0. The second-order valence-corrected chi connectivity index (χ2v) is 8.69. The minimum Gasteiger partial charge on any atom is -0.461 e. The first-order valence-electron chi connectivity index (χ1n) is 10.9. The van der Waals surface area contributed by atoms with Gasteiger partial charge in [0.1, 0.15) is 6.04 Å². The first-order valence-corrected chi connectivity index (χ1v) is 10.9. The van der Waals surface area contributed by atoms with Crippen LogP contribution in [0.5, 0.6) is 0 Å². The molecule has 3 heterocycles. The summed E-state index contributed by atoms with van der Waals surface area (Å²) in [5.41, 5.74) is 8.06. The van der Waals surface area contributed by atoms with Crippen molar-refractivity contribution in [3.63, 3.8) is 0 Å². The van der Waals surface area contributed by atoms with E-state index in [-0.39, 0.29) is 17.6 Å². The number of rotatable bonds is 5. The molecule has 5 rings (SSSR count). The summed E-state index contributed by atoms with van der Waals surface area (Å²) in [5, 5.41) is 8.46. The molecular weight excluding hydrogens is 410 g/mol. The molecule has 2 aliphatic heterocycles. The zero-order valence-electron chi connectivity index (χ0n) is 17.9. The molecule has 1 aromatic heterocycles. The van der Waals surface area contributed by atoms with Crippen LogP contribution in [0, 0.1) is 12.8 Å². The summed E-state index contributed by atoms with van der Waals surface area (Å²) in [6, 6.07) is 7.71. The summed E-state index contributed by atoms with van der Waals surface area (Å²) in [5.74, 6) is -0.157. The minimum atomic E-state index is -0.810. The van der Waals surface area contributed by atoms with Crippen LogP contribution in [0.15, 0.2) is 30.3 Å². The van der Waals surface area contributed by atoms with E-state index in [4.69, 9.17) is 10.5 Å². The number of primary amides is 1. The van der Waals surface area contributed by atoms with E-state index in [1.165, 1.54) is 0 Å². The number of amides is 2. The van der Waals surface area contributed by atoms with Gasteiger partial charge in [-0.2, -0.15) is 0 Å². The number of anilines is 1. The molecule has 1 aromatic carbocycles. The molecule has 2 unspecified atom stereocenters. The smallest absolute Gasteiger partial charge is 0.359 e. The van der Waals surface area contributed by atoms with E-state index in [1.807, 2.05) is 17.9 Å². The highest BCUT2D eigenvalue weighted by Crippen LogP contribution is 2.38. The predicted octanol–water partition coefficient (Wildman–Crippen LogP) is 1.09. The maximum atomic E-state index is 13.1. The lowest BCUT2D eigenvalue weighted by molar-refractivity contribution is -0.123. The maximum absolute atomic E-state index is 13.1. The van der Waals surface area contributed by atoms with Crippen molar-refractivity contribution in [3.05, 3.63) is 52.7 Å². The molecule has 3 aliphatic rings. The van der Waals surface area contributed by atoms with E-state index in [2.05, 4.69) is 10.2 Å². The van der Waals surface area contributed by atoms with Gasteiger partial charge in [0.25, 0.3) is 5.91 Å². The molecule has 0 bridgehead atoms. The molecule has 0 radical (unpaired) electrons. The highest BCUT2D eigenvalue weighted by molar-refractivity contribution is 5.98. The second-order valence-electron chi connectivity index (χ2n) is 8.69. The molecule has 2 fully saturated rings. The molecule has 2 aromatic rings. The summed E-state index contributed by atoms with van der Waals surface area (Å²) in [6.07, 6.45) is 2.63. The van der Waals surface area contributed by atoms with Gasteiger partial charge in [0.15, 0.2) is 11.5 Å². The van der Waals surface area contributed by atoms with Gasteiger partial charge in [-0.05, 0) is 49.8 Å². The van der Waals surface area contributed by atoms with Crippen molar-refractivity contribution in [3.8, 4) is 0 Å². The average Bonchev–Trinajstić information content (AvgIpc) is 3.55. The average molecular weight is 435 g/mol. The number of carbonyl (C=O) groups excluding carboxylic acids is 3. The van der Waals surface area contributed by atoms with Crippen molar-refractivity contribution in [2.75, 3.05) is 24.6 Å². The number of esters is 1. The first-order chi connectivity index (χ1) is 15.5. The highest BCUT2D eigenvalue weighted by atomic mass is 16.5. The van der Waals surface area contributed by atoms with Crippen LogP contribution in [-0.2, 0) is 16.0 Å². The van der Waals surface area contributed by atoms with Gasteiger partial charge in [-0.25, -0.2) is 4.79 Å². The fourth-order valence-electron chi connectivity index (χ4n) is 4.67. The number of fused-ring (bicyclic) bond motifs is 3. The molecule has 9 nitrogen and oxygen atoms in total. The van der Waals surface area contributed by atoms with Crippen molar-refractivity contribution in [1.29, 1.82) is 0 Å². The number of piperazine rings is 1. The number of benzene rings is 1. The summed E-state index contributed by atoms with van der Waals surface area (Å²) in [4.78, 5) is 41.7. The quantitative estimate of drug-likeness (QED) is 0.699. The summed E-state index contributed by atoms with van der Waals surface area (Å²) >= 11 is 0. The van der Waals surface area contributed by atoms with Crippen LogP contribution in [0.1, 0.15) is 44.8 Å². The van der Waals surface area contributed by atoms with E-state index in [0.29, 0.717) is 49.0 Å². The Hall–Kier alpha value is -3.49. The number of hydrogen-bond donors (Lipinski definition) is 1. The second kappa shape index (κ2) is 7.89. The third-order valence-corrected chi connectivity index (χ3v) is 6.60. The molecule has 1 saturated heterocycles. The molecular formula is C23H25N5O4. The molecule has 2 atom stereocenters. The van der Waals surface area contributed by atoms with Crippen LogP contribution in [-0.4, -0.2) is 64.7 Å². The number of hydrogen-bond acceptors (Lipinski definition) is 7. The molecule has 166 valence electrons. The number of ether oxygens (including phenoxy) is 1. The zero-order chi connectivity index (χ0) is 22.4. The van der Waals surface area contributed by atoms with Crippen molar-refractivity contribution in [1.82, 2.24) is 15.1 Å². The number of aromatic nitrogens is 2. The third-order valence-electron chi connectivity index (χ3n) is 6.60. The van der Waals surface area contributed by atoms with Crippen LogP contribution in [0.25, 0.3) is 0 Å². The van der Waals surface area contributed by atoms with E-state index in [9.17, 15) is 14.4 Å². The monoisotopic (exact) mass is 435 g/mol. The van der Waals surface area contributed by atoms with Crippen LogP contribution < -0.4 is 10.6 Å². The van der Waals surface area contributed by atoms with Gasteiger partial charge in [0.05, 0.1) is 12.6 Å². The van der Waals surface area contributed by atoms with Crippen molar-refractivity contribution in [2.45, 2.75) is 38.3 Å².